The van der Waals surface area contributed by atoms with E-state index < -0.39 is 17.5 Å². The predicted octanol–water partition coefficient (Wildman–Crippen LogP) is 3.94. The molecule has 6 nitrogen and oxygen atoms in total. The number of carbonyl (C=O) groups is 2. The van der Waals surface area contributed by atoms with Gasteiger partial charge in [-0.15, -0.1) is 10.2 Å². The lowest BCUT2D eigenvalue weighted by Gasteiger charge is -2.32. The summed E-state index contributed by atoms with van der Waals surface area (Å²) in [6.07, 6.45) is 0.315. The van der Waals surface area contributed by atoms with Crippen LogP contribution in [0.4, 0.5) is 5.13 Å². The number of rotatable bonds is 5. The summed E-state index contributed by atoms with van der Waals surface area (Å²) >= 11 is 2.85. The Morgan fingerprint density at radius 2 is 1.93 bits per heavy atom. The number of hydrogen-bond donors (Lipinski definition) is 1. The van der Waals surface area contributed by atoms with Crippen molar-refractivity contribution in [1.82, 2.24) is 10.2 Å². The van der Waals surface area contributed by atoms with Crippen molar-refractivity contribution in [3.8, 4) is 0 Å². The smallest absolute Gasteiger partial charge is 0.339 e. The molecule has 0 saturated carbocycles. The van der Waals surface area contributed by atoms with E-state index in [9.17, 15) is 9.59 Å². The van der Waals surface area contributed by atoms with Crippen molar-refractivity contribution in [2.24, 2.45) is 0 Å². The van der Waals surface area contributed by atoms with Gasteiger partial charge in [-0.05, 0) is 24.1 Å². The molecule has 0 fully saturated rings. The molecule has 1 aliphatic heterocycles. The summed E-state index contributed by atoms with van der Waals surface area (Å²) < 4.78 is 6.21. The molecule has 0 radical (unpaired) electrons. The molecule has 1 aromatic heterocycles. The minimum atomic E-state index is -1.28. The van der Waals surface area contributed by atoms with Crippen LogP contribution in [0.1, 0.15) is 28.4 Å². The van der Waals surface area contributed by atoms with E-state index in [0.717, 1.165) is 15.7 Å². The summed E-state index contributed by atoms with van der Waals surface area (Å²) in [7, 11) is 0. The number of amides is 1. The van der Waals surface area contributed by atoms with Crippen LogP contribution in [-0.4, -0.2) is 27.7 Å². The molecule has 142 valence electrons. The molecule has 2 aromatic carbocycles. The van der Waals surface area contributed by atoms with Gasteiger partial charge < -0.3 is 4.74 Å². The molecule has 0 aliphatic carbocycles. The number of hydrogen-bond acceptors (Lipinski definition) is 7. The molecule has 1 N–H and O–H groups in total. The summed E-state index contributed by atoms with van der Waals surface area (Å²) in [5, 5.41) is 11.3. The molecule has 0 saturated heterocycles. The molecule has 8 heteroatoms. The Morgan fingerprint density at radius 3 is 2.75 bits per heavy atom. The third kappa shape index (κ3) is 3.93. The standard InChI is InChI=1S/C20H17N3O3S2/c1-20(11-14-9-5-6-10-15(14)16(24)26-20)17(25)21-18-22-23-19(28-18)27-12-13-7-3-2-4-8-13/h2-10H,11-12H2,1H3,(H,21,22,25)/t20-/m0/s1. The Kier molecular flexibility index (Phi) is 5.15. The molecule has 1 aliphatic rings. The van der Waals surface area contributed by atoms with Crippen molar-refractivity contribution in [1.29, 1.82) is 0 Å². The monoisotopic (exact) mass is 411 g/mol. The van der Waals surface area contributed by atoms with Gasteiger partial charge in [0, 0.05) is 12.2 Å². The van der Waals surface area contributed by atoms with Gasteiger partial charge in [-0.2, -0.15) is 0 Å². The lowest BCUT2D eigenvalue weighted by atomic mass is 9.89. The van der Waals surface area contributed by atoms with Gasteiger partial charge in [-0.3, -0.25) is 10.1 Å². The maximum absolute atomic E-state index is 12.8. The number of benzene rings is 2. The van der Waals surface area contributed by atoms with Gasteiger partial charge in [0.2, 0.25) is 5.13 Å². The number of fused-ring (bicyclic) bond motifs is 1. The third-order valence-electron chi connectivity index (χ3n) is 4.40. The first-order valence-corrected chi connectivity index (χ1v) is 10.5. The largest absolute Gasteiger partial charge is 0.445 e. The minimum absolute atomic E-state index is 0.315. The van der Waals surface area contributed by atoms with Gasteiger partial charge in [-0.25, -0.2) is 4.79 Å². The van der Waals surface area contributed by atoms with Crippen molar-refractivity contribution in [3.63, 3.8) is 0 Å². The van der Waals surface area contributed by atoms with Crippen molar-refractivity contribution in [2.45, 2.75) is 29.0 Å². The first-order valence-electron chi connectivity index (χ1n) is 8.66. The van der Waals surface area contributed by atoms with Crippen LogP contribution in [-0.2, 0) is 21.7 Å². The number of anilines is 1. The number of thioether (sulfide) groups is 1. The second-order valence-corrected chi connectivity index (χ2v) is 8.76. The summed E-state index contributed by atoms with van der Waals surface area (Å²) in [4.78, 5) is 25.0. The van der Waals surface area contributed by atoms with E-state index in [4.69, 9.17) is 4.74 Å². The second kappa shape index (κ2) is 7.73. The molecule has 1 atom stereocenters. The van der Waals surface area contributed by atoms with Gasteiger partial charge in [-0.1, -0.05) is 71.6 Å². The molecule has 0 bridgehead atoms. The number of ether oxygens (including phenoxy) is 1. The Labute approximate surface area is 170 Å². The van der Waals surface area contributed by atoms with Crippen LogP contribution in [0.5, 0.6) is 0 Å². The lowest BCUT2D eigenvalue weighted by molar-refractivity contribution is -0.134. The van der Waals surface area contributed by atoms with E-state index in [0.29, 0.717) is 17.1 Å². The van der Waals surface area contributed by atoms with Gasteiger partial charge >= 0.3 is 5.97 Å². The summed E-state index contributed by atoms with van der Waals surface area (Å²) in [5.74, 6) is -0.128. The van der Waals surface area contributed by atoms with E-state index >= 15 is 0 Å². The fourth-order valence-electron chi connectivity index (χ4n) is 2.93. The van der Waals surface area contributed by atoms with Crippen LogP contribution >= 0.6 is 23.1 Å². The molecular weight excluding hydrogens is 394 g/mol. The maximum atomic E-state index is 12.8. The number of aromatic nitrogens is 2. The first kappa shape index (κ1) is 18.6. The number of carbonyl (C=O) groups excluding carboxylic acids is 2. The zero-order chi connectivity index (χ0) is 19.6. The number of nitrogens with zero attached hydrogens (tertiary/aromatic N) is 2. The Bertz CT molecular complexity index is 1020. The molecule has 3 aromatic rings. The van der Waals surface area contributed by atoms with Crippen molar-refractivity contribution >= 4 is 40.1 Å². The van der Waals surface area contributed by atoms with E-state index in [-0.39, 0.29) is 0 Å². The number of esters is 1. The highest BCUT2D eigenvalue weighted by molar-refractivity contribution is 8.00. The average molecular weight is 412 g/mol. The molecular formula is C20H17N3O3S2. The Morgan fingerprint density at radius 1 is 1.18 bits per heavy atom. The fraction of sp³-hybridized carbons (Fsp3) is 0.200. The van der Waals surface area contributed by atoms with E-state index in [1.165, 1.54) is 16.9 Å². The van der Waals surface area contributed by atoms with E-state index in [2.05, 4.69) is 15.5 Å². The molecule has 1 amide bonds. The summed E-state index contributed by atoms with van der Waals surface area (Å²) in [6.45, 7) is 1.61. The van der Waals surface area contributed by atoms with Crippen LogP contribution in [0.3, 0.4) is 0 Å². The maximum Gasteiger partial charge on any atom is 0.339 e. The minimum Gasteiger partial charge on any atom is -0.445 e. The Hall–Kier alpha value is -2.71. The normalized spacial score (nSPS) is 18.2. The zero-order valence-corrected chi connectivity index (χ0v) is 16.7. The van der Waals surface area contributed by atoms with E-state index in [1.54, 1.807) is 30.8 Å². The van der Waals surface area contributed by atoms with E-state index in [1.807, 2.05) is 42.5 Å². The molecule has 0 spiro atoms. The SMILES string of the molecule is C[C@@]1(C(=O)Nc2nnc(SCc3ccccc3)s2)Cc2ccccc2C(=O)O1. The lowest BCUT2D eigenvalue weighted by Crippen LogP contribution is -2.48. The van der Waals surface area contributed by atoms with Crippen LogP contribution in [0.15, 0.2) is 58.9 Å². The average Bonchev–Trinajstić information content (AvgIpc) is 3.14. The van der Waals surface area contributed by atoms with Crippen LogP contribution in [0.2, 0.25) is 0 Å². The highest BCUT2D eigenvalue weighted by Crippen LogP contribution is 2.31. The van der Waals surface area contributed by atoms with Gasteiger partial charge in [0.1, 0.15) is 0 Å². The molecule has 4 rings (SSSR count). The zero-order valence-electron chi connectivity index (χ0n) is 15.0. The second-order valence-electron chi connectivity index (χ2n) is 6.56. The van der Waals surface area contributed by atoms with Crippen molar-refractivity contribution in [3.05, 3.63) is 71.3 Å². The molecule has 28 heavy (non-hydrogen) atoms. The highest BCUT2D eigenvalue weighted by atomic mass is 32.2. The van der Waals surface area contributed by atoms with Gasteiger partial charge in [0.15, 0.2) is 9.94 Å². The fourth-order valence-corrected chi connectivity index (χ4v) is 4.63. The van der Waals surface area contributed by atoms with Crippen molar-refractivity contribution in [2.75, 3.05) is 5.32 Å². The van der Waals surface area contributed by atoms with Crippen LogP contribution < -0.4 is 5.32 Å². The van der Waals surface area contributed by atoms with Crippen molar-refractivity contribution < 1.29 is 14.3 Å². The number of nitrogens with one attached hydrogen (secondary N) is 1. The highest BCUT2D eigenvalue weighted by Gasteiger charge is 2.43. The predicted molar refractivity (Wildman–Crippen MR) is 109 cm³/mol. The van der Waals surface area contributed by atoms with Gasteiger partial charge in [0.25, 0.3) is 5.91 Å². The molecule has 0 unspecified atom stereocenters. The van der Waals surface area contributed by atoms with Gasteiger partial charge in [0.05, 0.1) is 5.56 Å². The Balaban J connectivity index is 1.41. The summed E-state index contributed by atoms with van der Waals surface area (Å²) in [5.41, 5.74) is 1.21. The third-order valence-corrected chi connectivity index (χ3v) is 6.44. The van der Waals surface area contributed by atoms with Crippen LogP contribution in [0, 0.1) is 0 Å². The number of cyclic esters (lactones) is 1. The quantitative estimate of drug-likeness (QED) is 0.389. The molecule has 2 heterocycles. The first-order chi connectivity index (χ1) is 13.5. The van der Waals surface area contributed by atoms with Crippen LogP contribution in [0.25, 0.3) is 0 Å². The topological polar surface area (TPSA) is 81.2 Å². The summed E-state index contributed by atoms with van der Waals surface area (Å²) in [6, 6.07) is 17.2.